The molecule has 2 heterocycles. The molecule has 0 aromatic carbocycles. The summed E-state index contributed by atoms with van der Waals surface area (Å²) in [6.07, 6.45) is 1.55. The van der Waals surface area contributed by atoms with E-state index >= 15 is 0 Å². The monoisotopic (exact) mass is 227 g/mol. The van der Waals surface area contributed by atoms with E-state index in [0.717, 1.165) is 0 Å². The molecule has 5 heteroatoms. The van der Waals surface area contributed by atoms with E-state index in [1.807, 2.05) is 6.07 Å². The van der Waals surface area contributed by atoms with Crippen LogP contribution < -0.4 is 5.73 Å². The molecule has 2 aromatic heterocycles. The van der Waals surface area contributed by atoms with E-state index in [4.69, 9.17) is 10.2 Å². The number of halogens is 1. The first kappa shape index (κ1) is 7.42. The highest BCUT2D eigenvalue weighted by Gasteiger charge is 2.07. The number of nitrogen functional groups attached to an aromatic ring is 1. The molecule has 12 heavy (non-hydrogen) atoms. The molecule has 0 aliphatic rings. The summed E-state index contributed by atoms with van der Waals surface area (Å²) in [5.41, 5.74) is 6.90. The molecular weight excluding hydrogens is 222 g/mol. The van der Waals surface area contributed by atoms with E-state index < -0.39 is 0 Å². The van der Waals surface area contributed by atoms with E-state index in [1.165, 1.54) is 0 Å². The van der Waals surface area contributed by atoms with Crippen LogP contribution in [0, 0.1) is 0 Å². The number of rotatable bonds is 1. The zero-order valence-corrected chi connectivity index (χ0v) is 7.63. The Hall–Kier alpha value is -1.23. The van der Waals surface area contributed by atoms with Gasteiger partial charge in [0.25, 0.3) is 0 Å². The van der Waals surface area contributed by atoms with Crippen molar-refractivity contribution in [1.82, 2.24) is 10.2 Å². The van der Waals surface area contributed by atoms with Crippen LogP contribution in [0.25, 0.3) is 11.5 Å². The Morgan fingerprint density at radius 1 is 1.50 bits per heavy atom. The van der Waals surface area contributed by atoms with Gasteiger partial charge in [-0.1, -0.05) is 0 Å². The minimum atomic E-state index is 0.580. The number of aromatic nitrogens is 2. The van der Waals surface area contributed by atoms with Gasteiger partial charge in [0.2, 0.25) is 0 Å². The molecule has 0 spiro atoms. The third-order valence-corrected chi connectivity index (χ3v) is 1.91. The molecule has 0 amide bonds. The summed E-state index contributed by atoms with van der Waals surface area (Å²) in [7, 11) is 0. The molecule has 0 unspecified atom stereocenters. The number of furan rings is 1. The van der Waals surface area contributed by atoms with Crippen LogP contribution in [0.15, 0.2) is 27.4 Å². The summed E-state index contributed by atoms with van der Waals surface area (Å²) in [4.78, 5) is 0. The predicted molar refractivity (Wildman–Crippen MR) is 48.4 cm³/mol. The topological polar surface area (TPSA) is 67.8 Å². The van der Waals surface area contributed by atoms with Gasteiger partial charge in [0, 0.05) is 0 Å². The lowest BCUT2D eigenvalue weighted by Gasteiger charge is -1.91. The molecule has 0 atom stereocenters. The lowest BCUT2D eigenvalue weighted by atomic mass is 10.3. The van der Waals surface area contributed by atoms with Crippen LogP contribution in [0.4, 0.5) is 5.69 Å². The Labute approximate surface area is 76.9 Å². The number of hydrogen-bond donors (Lipinski definition) is 2. The predicted octanol–water partition coefficient (Wildman–Crippen LogP) is 2.01. The van der Waals surface area contributed by atoms with Gasteiger partial charge in [0.05, 0.1) is 11.9 Å². The minimum Gasteiger partial charge on any atom is -0.448 e. The number of H-pyrrole nitrogens is 1. The van der Waals surface area contributed by atoms with Gasteiger partial charge in [-0.3, -0.25) is 5.10 Å². The van der Waals surface area contributed by atoms with Crippen molar-refractivity contribution in [3.8, 4) is 11.5 Å². The van der Waals surface area contributed by atoms with Crippen molar-refractivity contribution in [2.75, 3.05) is 5.73 Å². The molecule has 0 fully saturated rings. The Bertz CT molecular complexity index is 393. The van der Waals surface area contributed by atoms with Crippen LogP contribution in [0.5, 0.6) is 0 Å². The Morgan fingerprint density at radius 3 is 2.83 bits per heavy atom. The van der Waals surface area contributed by atoms with Gasteiger partial charge < -0.3 is 10.2 Å². The molecule has 2 rings (SSSR count). The Morgan fingerprint density at radius 2 is 2.33 bits per heavy atom. The van der Waals surface area contributed by atoms with Gasteiger partial charge >= 0.3 is 0 Å². The van der Waals surface area contributed by atoms with Gasteiger partial charge in [0.15, 0.2) is 10.4 Å². The highest BCUT2D eigenvalue weighted by atomic mass is 79.9. The summed E-state index contributed by atoms with van der Waals surface area (Å²) in [6, 6.07) is 3.61. The van der Waals surface area contributed by atoms with Crippen LogP contribution in [0.2, 0.25) is 0 Å². The summed E-state index contributed by atoms with van der Waals surface area (Å²) >= 11 is 3.20. The van der Waals surface area contributed by atoms with Crippen molar-refractivity contribution in [1.29, 1.82) is 0 Å². The molecule has 2 aromatic rings. The van der Waals surface area contributed by atoms with Crippen molar-refractivity contribution in [3.05, 3.63) is 23.0 Å². The lowest BCUT2D eigenvalue weighted by molar-refractivity contribution is 0.554. The third kappa shape index (κ3) is 1.12. The average molecular weight is 228 g/mol. The summed E-state index contributed by atoms with van der Waals surface area (Å²) in [6.45, 7) is 0. The second-order valence-electron chi connectivity index (χ2n) is 2.30. The van der Waals surface area contributed by atoms with E-state index in [9.17, 15) is 0 Å². The largest absolute Gasteiger partial charge is 0.448 e. The molecular formula is C7H6BrN3O. The Balaban J connectivity index is 2.50. The van der Waals surface area contributed by atoms with Crippen LogP contribution in [-0.2, 0) is 0 Å². The standard InChI is InChI=1S/C7H6BrN3O/c8-6-2-1-5(12-6)7-4(9)3-10-11-7/h1-3H,9H2,(H,10,11). The normalized spacial score (nSPS) is 10.4. The first-order valence-corrected chi connectivity index (χ1v) is 4.11. The summed E-state index contributed by atoms with van der Waals surface area (Å²) in [5.74, 6) is 0.678. The zero-order chi connectivity index (χ0) is 8.55. The highest BCUT2D eigenvalue weighted by molar-refractivity contribution is 9.10. The molecule has 4 nitrogen and oxygen atoms in total. The van der Waals surface area contributed by atoms with Crippen molar-refractivity contribution >= 4 is 21.6 Å². The van der Waals surface area contributed by atoms with Crippen molar-refractivity contribution in [2.24, 2.45) is 0 Å². The van der Waals surface area contributed by atoms with E-state index in [0.29, 0.717) is 21.8 Å². The molecule has 0 saturated heterocycles. The quantitative estimate of drug-likeness (QED) is 0.784. The number of nitrogens with one attached hydrogen (secondary N) is 1. The molecule has 62 valence electrons. The molecule has 0 saturated carbocycles. The van der Waals surface area contributed by atoms with Crippen LogP contribution in [-0.4, -0.2) is 10.2 Å². The van der Waals surface area contributed by atoms with Crippen LogP contribution in [0.3, 0.4) is 0 Å². The maximum atomic E-state index is 5.61. The second kappa shape index (κ2) is 2.67. The number of aromatic amines is 1. The number of anilines is 1. The average Bonchev–Trinajstić information content (AvgIpc) is 2.58. The number of nitrogens with zero attached hydrogens (tertiary/aromatic N) is 1. The molecule has 0 bridgehead atoms. The number of hydrogen-bond acceptors (Lipinski definition) is 3. The van der Waals surface area contributed by atoms with E-state index in [2.05, 4.69) is 26.1 Å². The van der Waals surface area contributed by atoms with Crippen LogP contribution >= 0.6 is 15.9 Å². The third-order valence-electron chi connectivity index (χ3n) is 1.49. The maximum absolute atomic E-state index is 5.61. The molecule has 0 aliphatic heterocycles. The molecule has 0 radical (unpaired) electrons. The smallest absolute Gasteiger partial charge is 0.169 e. The summed E-state index contributed by atoms with van der Waals surface area (Å²) < 4.78 is 5.95. The Kier molecular flexibility index (Phi) is 1.65. The van der Waals surface area contributed by atoms with Crippen molar-refractivity contribution in [3.63, 3.8) is 0 Å². The minimum absolute atomic E-state index is 0.580. The fraction of sp³-hybridized carbons (Fsp3) is 0. The number of nitrogens with two attached hydrogens (primary N) is 1. The maximum Gasteiger partial charge on any atom is 0.169 e. The SMILES string of the molecule is Nc1cn[nH]c1-c1ccc(Br)o1. The van der Waals surface area contributed by atoms with Gasteiger partial charge in [-0.25, -0.2) is 0 Å². The highest BCUT2D eigenvalue weighted by Crippen LogP contribution is 2.26. The molecule has 3 N–H and O–H groups in total. The van der Waals surface area contributed by atoms with E-state index in [1.54, 1.807) is 12.3 Å². The van der Waals surface area contributed by atoms with Gasteiger partial charge in [-0.15, -0.1) is 0 Å². The first-order valence-electron chi connectivity index (χ1n) is 3.32. The van der Waals surface area contributed by atoms with Gasteiger partial charge in [0.1, 0.15) is 5.69 Å². The van der Waals surface area contributed by atoms with Crippen LogP contribution in [0.1, 0.15) is 0 Å². The fourth-order valence-corrected chi connectivity index (χ4v) is 1.25. The fourth-order valence-electron chi connectivity index (χ4n) is 0.941. The second-order valence-corrected chi connectivity index (χ2v) is 3.09. The van der Waals surface area contributed by atoms with Crippen molar-refractivity contribution in [2.45, 2.75) is 0 Å². The van der Waals surface area contributed by atoms with Gasteiger partial charge in [-0.05, 0) is 28.1 Å². The zero-order valence-electron chi connectivity index (χ0n) is 6.04. The lowest BCUT2D eigenvalue weighted by Crippen LogP contribution is -1.84. The summed E-state index contributed by atoms with van der Waals surface area (Å²) in [5, 5.41) is 6.53. The van der Waals surface area contributed by atoms with Crippen molar-refractivity contribution < 1.29 is 4.42 Å². The van der Waals surface area contributed by atoms with E-state index in [-0.39, 0.29) is 0 Å². The molecule has 0 aliphatic carbocycles. The van der Waals surface area contributed by atoms with Gasteiger partial charge in [-0.2, -0.15) is 5.10 Å². The first-order chi connectivity index (χ1) is 5.77.